The molecule has 9 nitrogen and oxygen atoms in total. The fourth-order valence-electron chi connectivity index (χ4n) is 4.77. The molecular weight excluding hydrogens is 451 g/mol. The summed E-state index contributed by atoms with van der Waals surface area (Å²) in [4.78, 5) is 15.3. The van der Waals surface area contributed by atoms with Gasteiger partial charge in [0.2, 0.25) is 5.95 Å². The van der Waals surface area contributed by atoms with Gasteiger partial charge in [-0.25, -0.2) is 14.6 Å². The van der Waals surface area contributed by atoms with Crippen LogP contribution in [0.2, 0.25) is 0 Å². The van der Waals surface area contributed by atoms with Crippen molar-refractivity contribution in [2.45, 2.75) is 32.2 Å². The van der Waals surface area contributed by atoms with Crippen LogP contribution in [0.15, 0.2) is 36.7 Å². The van der Waals surface area contributed by atoms with E-state index in [1.807, 2.05) is 13.0 Å². The van der Waals surface area contributed by atoms with Crippen molar-refractivity contribution < 1.29 is 22.6 Å². The zero-order valence-electron chi connectivity index (χ0n) is 18.7. The number of fused-ring (bicyclic) bond motifs is 2. The number of hydrogen-bond donors (Lipinski definition) is 1. The third-order valence-corrected chi connectivity index (χ3v) is 6.21. The van der Waals surface area contributed by atoms with E-state index < -0.39 is 6.36 Å². The Balaban J connectivity index is 1.25. The standard InChI is InChI=1S/C22H24F3N7O2/c1-13-8-18(27-12-26-13)32-10-14-6-7-15(11-32)19(14)28-20-29-21(31(2)30-20)33-16-4-3-5-17(9-16)34-22(23,24)25/h3-5,8-9,12,14-15,19H,6-7,10-11H2,1-2H3,(H,28,30)/t14-,15+,19-. The molecule has 2 aromatic heterocycles. The van der Waals surface area contributed by atoms with E-state index in [-0.39, 0.29) is 23.6 Å². The molecule has 0 spiro atoms. The van der Waals surface area contributed by atoms with E-state index in [0.29, 0.717) is 17.8 Å². The van der Waals surface area contributed by atoms with E-state index in [1.165, 1.54) is 22.9 Å². The van der Waals surface area contributed by atoms with Gasteiger partial charge >= 0.3 is 12.4 Å². The normalized spacial score (nSPS) is 22.0. The molecule has 12 heteroatoms. The monoisotopic (exact) mass is 475 g/mol. The van der Waals surface area contributed by atoms with Crippen molar-refractivity contribution in [2.75, 3.05) is 23.3 Å². The number of hydrogen-bond acceptors (Lipinski definition) is 8. The summed E-state index contributed by atoms with van der Waals surface area (Å²) >= 11 is 0. The Kier molecular flexibility index (Phi) is 5.66. The number of ether oxygens (including phenoxy) is 2. The molecule has 3 atom stereocenters. The topological polar surface area (TPSA) is 90.2 Å². The molecule has 0 amide bonds. The molecule has 2 bridgehead atoms. The van der Waals surface area contributed by atoms with Gasteiger partial charge in [0.05, 0.1) is 0 Å². The van der Waals surface area contributed by atoms with Crippen LogP contribution in [0, 0.1) is 18.8 Å². The Morgan fingerprint density at radius 2 is 1.79 bits per heavy atom. The van der Waals surface area contributed by atoms with E-state index in [9.17, 15) is 13.2 Å². The van der Waals surface area contributed by atoms with Crippen LogP contribution in [0.3, 0.4) is 0 Å². The van der Waals surface area contributed by atoms with E-state index in [4.69, 9.17) is 4.74 Å². The SMILES string of the molecule is Cc1cc(N2C[C@H]3CC[C@@H](C2)[C@@H]3Nc2nc(Oc3cccc(OC(F)(F)F)c3)n(C)n2)ncn1. The van der Waals surface area contributed by atoms with E-state index in [0.717, 1.165) is 43.5 Å². The molecule has 1 aliphatic heterocycles. The van der Waals surface area contributed by atoms with Crippen LogP contribution in [0.25, 0.3) is 0 Å². The number of nitrogens with one attached hydrogen (secondary N) is 1. The average molecular weight is 475 g/mol. The minimum atomic E-state index is -4.78. The molecule has 2 fully saturated rings. The Hall–Kier alpha value is -3.57. The lowest BCUT2D eigenvalue weighted by Crippen LogP contribution is -2.48. The van der Waals surface area contributed by atoms with Gasteiger partial charge in [-0.15, -0.1) is 18.3 Å². The highest BCUT2D eigenvalue weighted by Crippen LogP contribution is 2.40. The Morgan fingerprint density at radius 1 is 1.06 bits per heavy atom. The Morgan fingerprint density at radius 3 is 2.50 bits per heavy atom. The number of anilines is 2. The van der Waals surface area contributed by atoms with Gasteiger partial charge in [-0.1, -0.05) is 6.07 Å². The first-order chi connectivity index (χ1) is 16.2. The van der Waals surface area contributed by atoms with Crippen molar-refractivity contribution >= 4 is 11.8 Å². The summed E-state index contributed by atoms with van der Waals surface area (Å²) in [5.41, 5.74) is 0.943. The lowest BCUT2D eigenvalue weighted by Gasteiger charge is -2.38. The molecular formula is C22H24F3N7O2. The maximum atomic E-state index is 12.5. The van der Waals surface area contributed by atoms with Gasteiger partial charge in [0.1, 0.15) is 23.6 Å². The third-order valence-electron chi connectivity index (χ3n) is 6.21. The minimum absolute atomic E-state index is 0.160. The molecule has 1 saturated carbocycles. The van der Waals surface area contributed by atoms with Crippen molar-refractivity contribution in [1.82, 2.24) is 24.7 Å². The largest absolute Gasteiger partial charge is 0.573 e. The smallest absolute Gasteiger partial charge is 0.424 e. The number of piperidine rings is 1. The second-order valence-corrected chi connectivity index (χ2v) is 8.66. The summed E-state index contributed by atoms with van der Waals surface area (Å²) < 4.78 is 48.5. The van der Waals surface area contributed by atoms with Gasteiger partial charge in [-0.3, -0.25) is 0 Å². The lowest BCUT2D eigenvalue weighted by molar-refractivity contribution is -0.274. The summed E-state index contributed by atoms with van der Waals surface area (Å²) in [5.74, 6) is 2.00. The van der Waals surface area contributed by atoms with Crippen molar-refractivity contribution in [3.05, 3.63) is 42.4 Å². The number of halogens is 3. The summed E-state index contributed by atoms with van der Waals surface area (Å²) in [5, 5.41) is 7.85. The predicted octanol–water partition coefficient (Wildman–Crippen LogP) is 3.93. The van der Waals surface area contributed by atoms with Crippen LogP contribution < -0.4 is 19.7 Å². The summed E-state index contributed by atoms with van der Waals surface area (Å²) in [6, 6.07) is 7.68. The van der Waals surface area contributed by atoms with Crippen LogP contribution in [-0.4, -0.2) is 50.2 Å². The van der Waals surface area contributed by atoms with E-state index in [1.54, 1.807) is 13.4 Å². The Labute approximate surface area is 193 Å². The third kappa shape index (κ3) is 4.85. The van der Waals surface area contributed by atoms with Crippen molar-refractivity contribution in [3.63, 3.8) is 0 Å². The first kappa shape index (κ1) is 22.2. The van der Waals surface area contributed by atoms with Crippen LogP contribution >= 0.6 is 0 Å². The molecule has 1 aromatic carbocycles. The highest BCUT2D eigenvalue weighted by molar-refractivity contribution is 5.42. The maximum Gasteiger partial charge on any atom is 0.573 e. The molecule has 180 valence electrons. The molecule has 5 rings (SSSR count). The minimum Gasteiger partial charge on any atom is -0.424 e. The van der Waals surface area contributed by atoms with Crippen molar-refractivity contribution in [3.8, 4) is 17.5 Å². The second kappa shape index (κ2) is 8.65. The first-order valence-electron chi connectivity index (χ1n) is 11.0. The van der Waals surface area contributed by atoms with Gasteiger partial charge in [0.25, 0.3) is 0 Å². The number of rotatable bonds is 6. The van der Waals surface area contributed by atoms with Gasteiger partial charge < -0.3 is 19.7 Å². The molecule has 1 saturated heterocycles. The molecule has 34 heavy (non-hydrogen) atoms. The van der Waals surface area contributed by atoms with Crippen LogP contribution in [0.1, 0.15) is 18.5 Å². The second-order valence-electron chi connectivity index (χ2n) is 8.66. The van der Waals surface area contributed by atoms with Crippen LogP contribution in [0.4, 0.5) is 24.9 Å². The van der Waals surface area contributed by atoms with Crippen LogP contribution in [0.5, 0.6) is 17.5 Å². The van der Waals surface area contributed by atoms with Crippen molar-refractivity contribution in [1.29, 1.82) is 0 Å². The first-order valence-corrected chi connectivity index (χ1v) is 11.0. The molecule has 0 unspecified atom stereocenters. The number of aromatic nitrogens is 5. The molecule has 3 heterocycles. The van der Waals surface area contributed by atoms with Crippen molar-refractivity contribution in [2.24, 2.45) is 18.9 Å². The highest BCUT2D eigenvalue weighted by atomic mass is 19.4. The fraction of sp³-hybridized carbons (Fsp3) is 0.455. The maximum absolute atomic E-state index is 12.5. The number of alkyl halides is 3. The van der Waals surface area contributed by atoms with Gasteiger partial charge in [-0.05, 0) is 43.7 Å². The lowest BCUT2D eigenvalue weighted by atomic mass is 9.92. The number of benzene rings is 1. The zero-order valence-corrected chi connectivity index (χ0v) is 18.7. The number of nitrogens with zero attached hydrogens (tertiary/aromatic N) is 6. The van der Waals surface area contributed by atoms with E-state index in [2.05, 4.69) is 35.0 Å². The molecule has 1 aliphatic carbocycles. The van der Waals surface area contributed by atoms with Gasteiger partial charge in [-0.2, -0.15) is 4.98 Å². The molecule has 2 aliphatic rings. The average Bonchev–Trinajstić information content (AvgIpc) is 3.20. The fourth-order valence-corrected chi connectivity index (χ4v) is 4.77. The summed E-state index contributed by atoms with van der Waals surface area (Å²) in [6.45, 7) is 3.72. The molecule has 0 radical (unpaired) electrons. The zero-order chi connectivity index (χ0) is 23.9. The van der Waals surface area contributed by atoms with Gasteiger partial charge in [0, 0.05) is 44.0 Å². The molecule has 3 aromatic rings. The highest BCUT2D eigenvalue weighted by Gasteiger charge is 2.43. The summed E-state index contributed by atoms with van der Waals surface area (Å²) in [7, 11) is 1.66. The summed E-state index contributed by atoms with van der Waals surface area (Å²) in [6.07, 6.45) is -0.973. The van der Waals surface area contributed by atoms with E-state index >= 15 is 0 Å². The molecule has 1 N–H and O–H groups in total. The Bertz CT molecular complexity index is 1160. The predicted molar refractivity (Wildman–Crippen MR) is 117 cm³/mol. The number of aryl methyl sites for hydroxylation is 2. The van der Waals surface area contributed by atoms with Gasteiger partial charge in [0.15, 0.2) is 0 Å². The van der Waals surface area contributed by atoms with Crippen LogP contribution in [-0.2, 0) is 7.05 Å². The quantitative estimate of drug-likeness (QED) is 0.574.